The number of nitrogens with one attached hydrogen (secondary N) is 1. The van der Waals surface area contributed by atoms with E-state index in [1.54, 1.807) is 7.11 Å². The van der Waals surface area contributed by atoms with E-state index in [9.17, 15) is 4.79 Å². The van der Waals surface area contributed by atoms with Crippen LogP contribution in [-0.4, -0.2) is 26.1 Å². The van der Waals surface area contributed by atoms with Gasteiger partial charge in [0.2, 0.25) is 5.91 Å². The van der Waals surface area contributed by atoms with Gasteiger partial charge in [-0.3, -0.25) is 4.79 Å². The molecule has 0 atom stereocenters. The number of benzene rings is 1. The lowest BCUT2D eigenvalue weighted by Gasteiger charge is -2.34. The van der Waals surface area contributed by atoms with Crippen LogP contribution in [0.4, 0.5) is 0 Å². The van der Waals surface area contributed by atoms with Gasteiger partial charge in [0.05, 0.1) is 12.5 Å². The second kappa shape index (κ2) is 7.46. The minimum atomic E-state index is -0.327. The summed E-state index contributed by atoms with van der Waals surface area (Å²) >= 11 is 0. The number of nitrogens with two attached hydrogens (primary N) is 1. The summed E-state index contributed by atoms with van der Waals surface area (Å²) in [5.41, 5.74) is 6.72. The fourth-order valence-corrected chi connectivity index (χ4v) is 3.09. The highest BCUT2D eigenvalue weighted by Gasteiger charge is 2.37. The average Bonchev–Trinajstić information content (AvgIpc) is 2.55. The number of amides is 1. The Morgan fingerprint density at radius 2 is 2.10 bits per heavy atom. The van der Waals surface area contributed by atoms with Gasteiger partial charge >= 0.3 is 0 Å². The van der Waals surface area contributed by atoms with Gasteiger partial charge < -0.3 is 15.8 Å². The van der Waals surface area contributed by atoms with Crippen molar-refractivity contribution >= 4 is 5.91 Å². The van der Waals surface area contributed by atoms with E-state index >= 15 is 0 Å². The Kier molecular flexibility index (Phi) is 5.62. The Morgan fingerprint density at radius 3 is 2.76 bits per heavy atom. The molecule has 0 radical (unpaired) electrons. The van der Waals surface area contributed by atoms with Crippen LogP contribution in [0.1, 0.15) is 37.7 Å². The third-order valence-corrected chi connectivity index (χ3v) is 4.52. The predicted molar refractivity (Wildman–Crippen MR) is 84.3 cm³/mol. The molecule has 0 unspecified atom stereocenters. The molecule has 0 heterocycles. The molecule has 0 spiro atoms. The molecule has 0 bridgehead atoms. The number of carbonyl (C=O) groups excluding carboxylic acids is 1. The van der Waals surface area contributed by atoms with Crippen molar-refractivity contribution in [1.29, 1.82) is 0 Å². The monoisotopic (exact) mass is 290 g/mol. The van der Waals surface area contributed by atoms with E-state index in [4.69, 9.17) is 10.5 Å². The maximum absolute atomic E-state index is 12.4. The summed E-state index contributed by atoms with van der Waals surface area (Å²) in [5, 5.41) is 3.07. The first-order valence-electron chi connectivity index (χ1n) is 7.81. The number of rotatable bonds is 6. The van der Waals surface area contributed by atoms with Crippen molar-refractivity contribution in [2.45, 2.75) is 38.5 Å². The number of hydrogen-bond donors (Lipinski definition) is 2. The molecule has 1 aromatic rings. The summed E-state index contributed by atoms with van der Waals surface area (Å²) in [7, 11) is 1.66. The molecule has 1 amide bonds. The average molecular weight is 290 g/mol. The molecule has 1 aliphatic carbocycles. The highest BCUT2D eigenvalue weighted by molar-refractivity contribution is 5.83. The molecular formula is C17H26N2O2. The van der Waals surface area contributed by atoms with Crippen molar-refractivity contribution in [2.24, 2.45) is 11.1 Å². The lowest BCUT2D eigenvalue weighted by atomic mass is 9.73. The van der Waals surface area contributed by atoms with Crippen molar-refractivity contribution in [3.63, 3.8) is 0 Å². The fourth-order valence-electron chi connectivity index (χ4n) is 3.09. The quantitative estimate of drug-likeness (QED) is 0.844. The lowest BCUT2D eigenvalue weighted by Crippen LogP contribution is -2.47. The van der Waals surface area contributed by atoms with Gasteiger partial charge in [-0.1, -0.05) is 31.4 Å². The van der Waals surface area contributed by atoms with Gasteiger partial charge in [-0.05, 0) is 37.0 Å². The van der Waals surface area contributed by atoms with Gasteiger partial charge in [-0.2, -0.15) is 0 Å². The Labute approximate surface area is 127 Å². The Morgan fingerprint density at radius 1 is 1.33 bits per heavy atom. The van der Waals surface area contributed by atoms with Gasteiger partial charge in [0, 0.05) is 13.1 Å². The van der Waals surface area contributed by atoms with Crippen LogP contribution in [0.3, 0.4) is 0 Å². The van der Waals surface area contributed by atoms with Crippen LogP contribution in [0.2, 0.25) is 0 Å². The van der Waals surface area contributed by atoms with E-state index in [1.807, 2.05) is 24.3 Å². The molecule has 0 aromatic heterocycles. The first-order chi connectivity index (χ1) is 10.2. The normalized spacial score (nSPS) is 17.2. The molecule has 1 aromatic carbocycles. The first-order valence-corrected chi connectivity index (χ1v) is 7.81. The SMILES string of the molecule is COc1cccc(CCNC(=O)C2(CN)CCCCC2)c1. The predicted octanol–water partition coefficient (Wildman–Crippen LogP) is 2.26. The zero-order valence-electron chi connectivity index (χ0n) is 12.9. The largest absolute Gasteiger partial charge is 0.497 e. The highest BCUT2D eigenvalue weighted by atomic mass is 16.5. The number of carbonyl (C=O) groups is 1. The molecule has 1 aliphatic rings. The van der Waals surface area contributed by atoms with Crippen molar-refractivity contribution in [1.82, 2.24) is 5.32 Å². The van der Waals surface area contributed by atoms with E-state index in [-0.39, 0.29) is 11.3 Å². The molecule has 0 aliphatic heterocycles. The smallest absolute Gasteiger partial charge is 0.227 e. The summed E-state index contributed by atoms with van der Waals surface area (Å²) in [6.07, 6.45) is 6.10. The van der Waals surface area contributed by atoms with Crippen molar-refractivity contribution in [3.05, 3.63) is 29.8 Å². The molecule has 1 saturated carbocycles. The molecule has 4 heteroatoms. The molecule has 21 heavy (non-hydrogen) atoms. The van der Waals surface area contributed by atoms with E-state index in [0.29, 0.717) is 13.1 Å². The van der Waals surface area contributed by atoms with E-state index in [0.717, 1.165) is 37.9 Å². The number of methoxy groups -OCH3 is 1. The minimum Gasteiger partial charge on any atom is -0.497 e. The second-order valence-electron chi connectivity index (χ2n) is 5.90. The van der Waals surface area contributed by atoms with Gasteiger partial charge in [-0.15, -0.1) is 0 Å². The van der Waals surface area contributed by atoms with Crippen LogP contribution in [0, 0.1) is 5.41 Å². The second-order valence-corrected chi connectivity index (χ2v) is 5.90. The molecule has 1 fully saturated rings. The molecule has 3 N–H and O–H groups in total. The molecule has 2 rings (SSSR count). The van der Waals surface area contributed by atoms with E-state index in [2.05, 4.69) is 5.32 Å². The van der Waals surface area contributed by atoms with E-state index < -0.39 is 0 Å². The summed E-state index contributed by atoms with van der Waals surface area (Å²) in [5.74, 6) is 0.983. The van der Waals surface area contributed by atoms with Crippen LogP contribution in [-0.2, 0) is 11.2 Å². The number of ether oxygens (including phenoxy) is 1. The molecule has 4 nitrogen and oxygen atoms in total. The third-order valence-electron chi connectivity index (χ3n) is 4.52. The highest BCUT2D eigenvalue weighted by Crippen LogP contribution is 2.35. The van der Waals surface area contributed by atoms with Crippen LogP contribution in [0.15, 0.2) is 24.3 Å². The standard InChI is InChI=1S/C17H26N2O2/c1-21-15-7-5-6-14(12-15)8-11-19-16(20)17(13-18)9-3-2-4-10-17/h5-7,12H,2-4,8-11,13,18H2,1H3,(H,19,20). The van der Waals surface area contributed by atoms with E-state index in [1.165, 1.54) is 12.0 Å². The van der Waals surface area contributed by atoms with Gasteiger partial charge in [-0.25, -0.2) is 0 Å². The summed E-state index contributed by atoms with van der Waals surface area (Å²) in [6, 6.07) is 7.95. The zero-order valence-corrected chi connectivity index (χ0v) is 12.9. The Bertz CT molecular complexity index is 468. The van der Waals surface area contributed by atoms with Crippen LogP contribution in [0.5, 0.6) is 5.75 Å². The minimum absolute atomic E-state index is 0.132. The van der Waals surface area contributed by atoms with Crippen molar-refractivity contribution in [3.8, 4) is 5.75 Å². The molecular weight excluding hydrogens is 264 g/mol. The van der Waals surface area contributed by atoms with Gasteiger partial charge in [0.1, 0.15) is 5.75 Å². The fraction of sp³-hybridized carbons (Fsp3) is 0.588. The van der Waals surface area contributed by atoms with Crippen LogP contribution < -0.4 is 15.8 Å². The van der Waals surface area contributed by atoms with Gasteiger partial charge in [0.15, 0.2) is 0 Å². The Balaban J connectivity index is 1.85. The Hall–Kier alpha value is -1.55. The van der Waals surface area contributed by atoms with Gasteiger partial charge in [0.25, 0.3) is 0 Å². The lowest BCUT2D eigenvalue weighted by molar-refractivity contribution is -0.132. The third kappa shape index (κ3) is 3.97. The maximum atomic E-state index is 12.4. The van der Waals surface area contributed by atoms with Crippen molar-refractivity contribution in [2.75, 3.05) is 20.2 Å². The summed E-state index contributed by atoms with van der Waals surface area (Å²) in [4.78, 5) is 12.4. The zero-order chi connectivity index (χ0) is 15.1. The first kappa shape index (κ1) is 15.8. The summed E-state index contributed by atoms with van der Waals surface area (Å²) in [6.45, 7) is 1.10. The maximum Gasteiger partial charge on any atom is 0.227 e. The topological polar surface area (TPSA) is 64.3 Å². The van der Waals surface area contributed by atoms with Crippen molar-refractivity contribution < 1.29 is 9.53 Å². The van der Waals surface area contributed by atoms with Crippen LogP contribution >= 0.6 is 0 Å². The summed E-state index contributed by atoms with van der Waals surface area (Å²) < 4.78 is 5.21. The number of hydrogen-bond acceptors (Lipinski definition) is 3. The molecule has 116 valence electrons. The van der Waals surface area contributed by atoms with Crippen LogP contribution in [0.25, 0.3) is 0 Å². The molecule has 0 saturated heterocycles.